The van der Waals surface area contributed by atoms with E-state index in [1.54, 1.807) is 19.0 Å². The van der Waals surface area contributed by atoms with Crippen molar-refractivity contribution in [3.8, 4) is 0 Å². The third-order valence-electron chi connectivity index (χ3n) is 5.17. The molecule has 23 heavy (non-hydrogen) atoms. The molecule has 1 aromatic rings. The molecule has 2 fully saturated rings. The molecule has 2 atom stereocenters. The molecule has 1 saturated carbocycles. The van der Waals surface area contributed by atoms with Gasteiger partial charge in [-0.15, -0.1) is 0 Å². The molecule has 6 heteroatoms. The van der Waals surface area contributed by atoms with E-state index in [0.29, 0.717) is 23.6 Å². The van der Waals surface area contributed by atoms with Gasteiger partial charge in [-0.3, -0.25) is 4.79 Å². The normalized spacial score (nSPS) is 28.0. The van der Waals surface area contributed by atoms with Crippen LogP contribution in [0.2, 0.25) is 0 Å². The first kappa shape index (κ1) is 16.4. The number of ether oxygens (including phenoxy) is 1. The molecule has 1 saturated heterocycles. The predicted octanol–water partition coefficient (Wildman–Crippen LogP) is 3.06. The van der Waals surface area contributed by atoms with Crippen LogP contribution < -0.4 is 0 Å². The van der Waals surface area contributed by atoms with E-state index in [-0.39, 0.29) is 18.1 Å². The van der Waals surface area contributed by atoms with E-state index in [4.69, 9.17) is 9.26 Å². The molecular weight excluding hydrogens is 294 g/mol. The van der Waals surface area contributed by atoms with E-state index < -0.39 is 0 Å². The van der Waals surface area contributed by atoms with Crippen molar-refractivity contribution in [2.75, 3.05) is 14.1 Å². The summed E-state index contributed by atoms with van der Waals surface area (Å²) in [5.41, 5.74) is 0.428. The molecule has 3 rings (SSSR count). The van der Waals surface area contributed by atoms with Crippen LogP contribution in [0.3, 0.4) is 0 Å². The third kappa shape index (κ3) is 3.57. The second-order valence-electron chi connectivity index (χ2n) is 7.85. The minimum atomic E-state index is -0.388. The molecular formula is C17H27N3O3. The van der Waals surface area contributed by atoms with Crippen LogP contribution in [0.1, 0.15) is 76.1 Å². The van der Waals surface area contributed by atoms with Crippen LogP contribution in [-0.4, -0.2) is 41.1 Å². The molecule has 1 amide bonds. The Morgan fingerprint density at radius 2 is 1.87 bits per heavy atom. The average molecular weight is 321 g/mol. The van der Waals surface area contributed by atoms with Gasteiger partial charge in [-0.2, -0.15) is 4.98 Å². The fraction of sp³-hybridized carbons (Fsp3) is 0.824. The Bertz CT molecular complexity index is 557. The van der Waals surface area contributed by atoms with E-state index in [2.05, 4.69) is 24.0 Å². The first-order chi connectivity index (χ1) is 10.9. The van der Waals surface area contributed by atoms with E-state index in [9.17, 15) is 4.79 Å². The van der Waals surface area contributed by atoms with Crippen molar-refractivity contribution < 1.29 is 14.1 Å². The Labute approximate surface area is 137 Å². The van der Waals surface area contributed by atoms with E-state index in [1.807, 2.05) is 0 Å². The van der Waals surface area contributed by atoms with E-state index in [0.717, 1.165) is 25.1 Å². The highest BCUT2D eigenvalue weighted by molar-refractivity contribution is 5.80. The summed E-state index contributed by atoms with van der Waals surface area (Å²) in [6.07, 6.45) is 5.44. The van der Waals surface area contributed by atoms with Gasteiger partial charge in [0.1, 0.15) is 12.2 Å². The van der Waals surface area contributed by atoms with Crippen LogP contribution in [0.15, 0.2) is 4.52 Å². The fourth-order valence-corrected chi connectivity index (χ4v) is 3.49. The minimum Gasteiger partial charge on any atom is -0.355 e. The number of carbonyl (C=O) groups is 1. The lowest BCUT2D eigenvalue weighted by Gasteiger charge is -2.32. The van der Waals surface area contributed by atoms with E-state index in [1.165, 1.54) is 12.8 Å². The third-order valence-corrected chi connectivity index (χ3v) is 5.17. The number of nitrogens with zero attached hydrogens (tertiary/aromatic N) is 3. The van der Waals surface area contributed by atoms with Crippen molar-refractivity contribution >= 4 is 5.91 Å². The first-order valence-electron chi connectivity index (χ1n) is 8.56. The lowest BCUT2D eigenvalue weighted by molar-refractivity contribution is -0.140. The van der Waals surface area contributed by atoms with Gasteiger partial charge in [-0.05, 0) is 43.9 Å². The lowest BCUT2D eigenvalue weighted by Crippen LogP contribution is -2.33. The smallest absolute Gasteiger partial charge is 0.255 e. The topological polar surface area (TPSA) is 68.5 Å². The summed E-state index contributed by atoms with van der Waals surface area (Å²) >= 11 is 0. The van der Waals surface area contributed by atoms with Crippen molar-refractivity contribution in [2.45, 2.75) is 70.5 Å². The van der Waals surface area contributed by atoms with Gasteiger partial charge in [0.15, 0.2) is 5.82 Å². The van der Waals surface area contributed by atoms with E-state index >= 15 is 0 Å². The summed E-state index contributed by atoms with van der Waals surface area (Å²) in [4.78, 5) is 18.1. The number of aromatic nitrogens is 2. The van der Waals surface area contributed by atoms with Crippen molar-refractivity contribution in [3.63, 3.8) is 0 Å². The molecule has 1 aliphatic heterocycles. The Morgan fingerprint density at radius 1 is 1.17 bits per heavy atom. The van der Waals surface area contributed by atoms with Crippen molar-refractivity contribution in [3.05, 3.63) is 11.7 Å². The maximum atomic E-state index is 12.0. The van der Waals surface area contributed by atoms with Gasteiger partial charge in [0.05, 0.1) is 0 Å². The predicted molar refractivity (Wildman–Crippen MR) is 84.8 cm³/mol. The second kappa shape index (κ2) is 6.23. The Kier molecular flexibility index (Phi) is 4.45. The van der Waals surface area contributed by atoms with Gasteiger partial charge < -0.3 is 14.2 Å². The number of hydrogen-bond donors (Lipinski definition) is 0. The summed E-state index contributed by atoms with van der Waals surface area (Å²) in [6, 6.07) is 0. The largest absolute Gasteiger partial charge is 0.355 e. The monoisotopic (exact) mass is 321 g/mol. The number of likely N-dealkylation sites (N-methyl/N-ethyl adjacent to an activating group) is 1. The molecule has 0 bridgehead atoms. The summed E-state index contributed by atoms with van der Waals surface area (Å²) in [6.45, 7) is 4.64. The molecule has 0 spiro atoms. The van der Waals surface area contributed by atoms with Crippen molar-refractivity contribution in [1.82, 2.24) is 15.0 Å². The summed E-state index contributed by atoms with van der Waals surface area (Å²) < 4.78 is 11.2. The summed E-state index contributed by atoms with van der Waals surface area (Å²) in [5.74, 6) is 1.73. The molecule has 1 aliphatic carbocycles. The molecule has 0 N–H and O–H groups in total. The quantitative estimate of drug-likeness (QED) is 0.856. The second-order valence-corrected chi connectivity index (χ2v) is 7.85. The zero-order valence-corrected chi connectivity index (χ0v) is 14.5. The standard InChI is InChI=1S/C17H27N3O3/c1-17(2)9-7-11(8-10-17)14-18-15(23-19-14)12-5-6-13(22-12)16(21)20(3)4/h11-13H,5-10H2,1-4H3/t12-,13+/m0/s1. The Morgan fingerprint density at radius 3 is 2.52 bits per heavy atom. The van der Waals surface area contributed by atoms with Crippen LogP contribution in [0.4, 0.5) is 0 Å². The molecule has 0 aromatic carbocycles. The molecule has 2 aliphatic rings. The SMILES string of the molecule is CN(C)C(=O)[C@H]1CC[C@@H](c2nc(C3CCC(C)(C)CC3)no2)O1. The number of rotatable bonds is 3. The summed E-state index contributed by atoms with van der Waals surface area (Å²) in [5, 5.41) is 4.18. The van der Waals surface area contributed by atoms with Crippen molar-refractivity contribution in [2.24, 2.45) is 5.41 Å². The highest BCUT2D eigenvalue weighted by atomic mass is 16.5. The molecule has 0 radical (unpaired) electrons. The number of amides is 1. The van der Waals surface area contributed by atoms with Crippen LogP contribution >= 0.6 is 0 Å². The van der Waals surface area contributed by atoms with Gasteiger partial charge in [-0.1, -0.05) is 19.0 Å². The van der Waals surface area contributed by atoms with Gasteiger partial charge >= 0.3 is 0 Å². The Hall–Kier alpha value is -1.43. The van der Waals surface area contributed by atoms with Gasteiger partial charge in [0.25, 0.3) is 11.8 Å². The average Bonchev–Trinajstić information content (AvgIpc) is 3.15. The van der Waals surface area contributed by atoms with Crippen LogP contribution in [0.5, 0.6) is 0 Å². The molecule has 1 aromatic heterocycles. The molecule has 128 valence electrons. The highest BCUT2D eigenvalue weighted by Gasteiger charge is 2.36. The molecule has 2 heterocycles. The summed E-state index contributed by atoms with van der Waals surface area (Å²) in [7, 11) is 3.49. The number of hydrogen-bond acceptors (Lipinski definition) is 5. The van der Waals surface area contributed by atoms with Gasteiger partial charge in [0.2, 0.25) is 0 Å². The minimum absolute atomic E-state index is 0.00162. The van der Waals surface area contributed by atoms with Crippen LogP contribution in [0, 0.1) is 5.41 Å². The Balaban J connectivity index is 1.61. The highest BCUT2D eigenvalue weighted by Crippen LogP contribution is 2.42. The van der Waals surface area contributed by atoms with Crippen molar-refractivity contribution in [1.29, 1.82) is 0 Å². The molecule has 6 nitrogen and oxygen atoms in total. The molecule has 0 unspecified atom stereocenters. The van der Waals surface area contributed by atoms with Gasteiger partial charge in [0, 0.05) is 20.0 Å². The number of carbonyl (C=O) groups excluding carboxylic acids is 1. The maximum Gasteiger partial charge on any atom is 0.255 e. The lowest BCUT2D eigenvalue weighted by atomic mass is 9.73. The fourth-order valence-electron chi connectivity index (χ4n) is 3.49. The maximum absolute atomic E-state index is 12.0. The first-order valence-corrected chi connectivity index (χ1v) is 8.56. The van der Waals surface area contributed by atoms with Crippen LogP contribution in [-0.2, 0) is 9.53 Å². The van der Waals surface area contributed by atoms with Gasteiger partial charge in [-0.25, -0.2) is 0 Å². The zero-order chi connectivity index (χ0) is 16.6. The van der Waals surface area contributed by atoms with Crippen LogP contribution in [0.25, 0.3) is 0 Å². The zero-order valence-electron chi connectivity index (χ0n) is 14.5.